The Kier molecular flexibility index (Phi) is 6.19. The topological polar surface area (TPSA) is 79.1 Å². The van der Waals surface area contributed by atoms with Crippen molar-refractivity contribution >= 4 is 34.7 Å². The second-order valence-electron chi connectivity index (χ2n) is 9.45. The molecule has 5 rings (SSSR count). The lowest BCUT2D eigenvalue weighted by atomic mass is 9.94. The predicted octanol–water partition coefficient (Wildman–Crippen LogP) is 4.30. The zero-order valence-electron chi connectivity index (χ0n) is 19.8. The third-order valence-electron chi connectivity index (χ3n) is 6.84. The van der Waals surface area contributed by atoms with Gasteiger partial charge in [-0.1, -0.05) is 50.8 Å². The van der Waals surface area contributed by atoms with Gasteiger partial charge in [0.2, 0.25) is 0 Å². The molecule has 1 N–H and O–H groups in total. The van der Waals surface area contributed by atoms with E-state index in [1.807, 2.05) is 19.9 Å². The number of halogens is 1. The molecule has 3 heterocycles. The highest BCUT2D eigenvalue weighted by Gasteiger charge is 2.50. The number of aromatic amines is 1. The molecule has 2 aliphatic rings. The van der Waals surface area contributed by atoms with Crippen LogP contribution in [0.15, 0.2) is 59.7 Å². The van der Waals surface area contributed by atoms with E-state index in [1.165, 1.54) is 9.58 Å². The molecule has 35 heavy (non-hydrogen) atoms. The summed E-state index contributed by atoms with van der Waals surface area (Å²) in [7, 11) is 0. The first-order valence-electron chi connectivity index (χ1n) is 12.1. The maximum absolute atomic E-state index is 14.0. The molecule has 0 spiro atoms. The fourth-order valence-corrected chi connectivity index (χ4v) is 5.23. The van der Waals surface area contributed by atoms with Crippen LogP contribution in [0.3, 0.4) is 0 Å². The summed E-state index contributed by atoms with van der Waals surface area (Å²) in [6.07, 6.45) is 8.13. The Hall–Kier alpha value is -3.45. The van der Waals surface area contributed by atoms with Gasteiger partial charge in [-0.05, 0) is 43.0 Å². The number of hydrogen-bond acceptors (Lipinski definition) is 3. The molecule has 7 nitrogen and oxygen atoms in total. The minimum Gasteiger partial charge on any atom is -0.294 e. The standard InChI is InChI=1S/C27H27ClN4O3/c1-17(2)23-21(26(34)32(29-23)20-13-11-18(28)12-14-20)22-24(30-15-7-4-8-16-30)27(35)31(25(22)33)19-9-5-3-6-10-19/h4,7-8,11-17,19H,3,5-6,9-10H2,1-2H3/p+1. The first-order chi connectivity index (χ1) is 16.9. The number of nitrogens with zero attached hydrogens (tertiary/aromatic N) is 3. The van der Waals surface area contributed by atoms with Crippen LogP contribution < -0.4 is 10.1 Å². The maximum atomic E-state index is 14.0. The Morgan fingerprint density at radius 2 is 1.60 bits per heavy atom. The van der Waals surface area contributed by atoms with Crippen LogP contribution in [0, 0.1) is 0 Å². The highest BCUT2D eigenvalue weighted by molar-refractivity contribution is 6.44. The lowest BCUT2D eigenvalue weighted by Crippen LogP contribution is -2.45. The monoisotopic (exact) mass is 491 g/mol. The smallest absolute Gasteiger partial charge is 0.294 e. The number of imide groups is 1. The second kappa shape index (κ2) is 9.30. The molecule has 2 aromatic heterocycles. The van der Waals surface area contributed by atoms with Gasteiger partial charge in [-0.3, -0.25) is 24.4 Å². The van der Waals surface area contributed by atoms with Crippen LogP contribution in [0.2, 0.25) is 5.02 Å². The van der Waals surface area contributed by atoms with Crippen molar-refractivity contribution in [3.63, 3.8) is 0 Å². The number of carbonyl (C=O) groups is 2. The molecule has 1 aliphatic carbocycles. The Morgan fingerprint density at radius 3 is 2.23 bits per heavy atom. The fourth-order valence-electron chi connectivity index (χ4n) is 5.10. The molecule has 0 radical (unpaired) electrons. The normalized spacial score (nSPS) is 17.2. The van der Waals surface area contributed by atoms with Gasteiger partial charge in [0.25, 0.3) is 17.2 Å². The van der Waals surface area contributed by atoms with Crippen LogP contribution in [0.4, 0.5) is 0 Å². The van der Waals surface area contributed by atoms with Crippen molar-refractivity contribution in [1.29, 1.82) is 0 Å². The Bertz CT molecular complexity index is 1360. The van der Waals surface area contributed by atoms with Gasteiger partial charge in [-0.15, -0.1) is 0 Å². The molecule has 3 aromatic rings. The summed E-state index contributed by atoms with van der Waals surface area (Å²) in [5.41, 5.74) is 1.48. The number of pyridine rings is 1. The van der Waals surface area contributed by atoms with E-state index in [0.717, 1.165) is 32.1 Å². The van der Waals surface area contributed by atoms with Crippen LogP contribution in [-0.2, 0) is 9.59 Å². The minimum atomic E-state index is -0.394. The van der Waals surface area contributed by atoms with E-state index >= 15 is 0 Å². The Morgan fingerprint density at radius 1 is 0.943 bits per heavy atom. The van der Waals surface area contributed by atoms with Gasteiger partial charge in [0.05, 0.1) is 11.3 Å². The number of nitrogens with one attached hydrogen (secondary N) is 1. The highest BCUT2D eigenvalue weighted by Crippen LogP contribution is 2.36. The van der Waals surface area contributed by atoms with Crippen LogP contribution in [0.25, 0.3) is 17.0 Å². The summed E-state index contributed by atoms with van der Waals surface area (Å²) >= 11 is 6.05. The van der Waals surface area contributed by atoms with E-state index in [1.54, 1.807) is 53.4 Å². The number of hydrogen-bond donors (Lipinski definition) is 1. The molecule has 8 heteroatoms. The second-order valence-corrected chi connectivity index (χ2v) is 9.89. The Labute approximate surface area is 208 Å². The molecule has 0 bridgehead atoms. The fraction of sp³-hybridized carbons (Fsp3) is 0.333. The SMILES string of the molecule is CC(C)c1[nH]n(-c2ccc(Cl)cc2)c(=O)c1C1=C([n+]2ccccc2)C(=O)N(C2CCCCC2)C1=O. The van der Waals surface area contributed by atoms with Gasteiger partial charge < -0.3 is 0 Å². The van der Waals surface area contributed by atoms with Gasteiger partial charge >= 0.3 is 5.91 Å². The average molecular weight is 492 g/mol. The quantitative estimate of drug-likeness (QED) is 0.427. The first kappa shape index (κ1) is 23.3. The number of benzene rings is 1. The van der Waals surface area contributed by atoms with Crippen molar-refractivity contribution in [1.82, 2.24) is 14.7 Å². The van der Waals surface area contributed by atoms with Crippen molar-refractivity contribution in [2.75, 3.05) is 0 Å². The van der Waals surface area contributed by atoms with Crippen molar-refractivity contribution in [2.45, 2.75) is 57.9 Å². The summed E-state index contributed by atoms with van der Waals surface area (Å²) < 4.78 is 3.07. The molecule has 2 amide bonds. The van der Waals surface area contributed by atoms with Crippen LogP contribution in [0.1, 0.15) is 63.1 Å². The number of H-pyrrole nitrogens is 1. The first-order valence-corrected chi connectivity index (χ1v) is 12.5. The molecule has 1 aromatic carbocycles. The van der Waals surface area contributed by atoms with Crippen LogP contribution in [0.5, 0.6) is 0 Å². The molecule has 0 saturated heterocycles. The summed E-state index contributed by atoms with van der Waals surface area (Å²) in [4.78, 5) is 43.0. The number of rotatable bonds is 5. The third kappa shape index (κ3) is 4.04. The molecule has 1 aliphatic heterocycles. The third-order valence-corrected chi connectivity index (χ3v) is 7.09. The largest absolute Gasteiger partial charge is 0.327 e. The zero-order valence-corrected chi connectivity index (χ0v) is 20.6. The number of aromatic nitrogens is 3. The van der Waals surface area contributed by atoms with Crippen molar-refractivity contribution in [3.05, 3.63) is 81.5 Å². The molecule has 0 atom stereocenters. The molecule has 180 valence electrons. The van der Waals surface area contributed by atoms with Gasteiger partial charge in [-0.25, -0.2) is 4.68 Å². The van der Waals surface area contributed by atoms with Gasteiger partial charge in [0.1, 0.15) is 5.57 Å². The van der Waals surface area contributed by atoms with Gasteiger partial charge in [0, 0.05) is 28.9 Å². The number of amides is 2. The van der Waals surface area contributed by atoms with E-state index in [4.69, 9.17) is 11.6 Å². The Balaban J connectivity index is 1.74. The lowest BCUT2D eigenvalue weighted by Gasteiger charge is -2.29. The van der Waals surface area contributed by atoms with Gasteiger partial charge in [0.15, 0.2) is 12.4 Å². The average Bonchev–Trinajstić information content (AvgIpc) is 3.33. The predicted molar refractivity (Wildman–Crippen MR) is 134 cm³/mol. The van der Waals surface area contributed by atoms with Gasteiger partial charge in [-0.2, -0.15) is 4.57 Å². The molecular weight excluding hydrogens is 464 g/mol. The zero-order chi connectivity index (χ0) is 24.7. The molecular formula is C27H28ClN4O3+. The minimum absolute atomic E-state index is 0.0904. The number of carbonyl (C=O) groups excluding carboxylic acids is 2. The maximum Gasteiger partial charge on any atom is 0.327 e. The van der Waals surface area contributed by atoms with Crippen LogP contribution in [-0.4, -0.2) is 32.5 Å². The summed E-state index contributed by atoms with van der Waals surface area (Å²) in [5.74, 6) is -0.830. The lowest BCUT2D eigenvalue weighted by molar-refractivity contribution is -0.576. The summed E-state index contributed by atoms with van der Waals surface area (Å²) in [5, 5.41) is 3.76. The highest BCUT2D eigenvalue weighted by atomic mass is 35.5. The van der Waals surface area contributed by atoms with Crippen molar-refractivity contribution in [2.24, 2.45) is 0 Å². The van der Waals surface area contributed by atoms with E-state index in [-0.39, 0.29) is 40.3 Å². The molecule has 1 saturated carbocycles. The van der Waals surface area contributed by atoms with Crippen LogP contribution >= 0.6 is 11.6 Å². The van der Waals surface area contributed by atoms with E-state index in [9.17, 15) is 14.4 Å². The summed E-state index contributed by atoms with van der Waals surface area (Å²) in [6, 6.07) is 12.2. The molecule has 0 unspecified atom stereocenters. The van der Waals surface area contributed by atoms with E-state index < -0.39 is 5.91 Å². The summed E-state index contributed by atoms with van der Waals surface area (Å²) in [6.45, 7) is 3.91. The van der Waals surface area contributed by atoms with Crippen molar-refractivity contribution < 1.29 is 14.2 Å². The molecule has 1 fully saturated rings. The van der Waals surface area contributed by atoms with E-state index in [2.05, 4.69) is 5.10 Å². The van der Waals surface area contributed by atoms with Crippen molar-refractivity contribution in [3.8, 4) is 5.69 Å². The van der Waals surface area contributed by atoms with E-state index in [0.29, 0.717) is 16.4 Å².